The maximum atomic E-state index is 12.9. The van der Waals surface area contributed by atoms with Crippen molar-refractivity contribution in [3.8, 4) is 5.75 Å². The van der Waals surface area contributed by atoms with Crippen LogP contribution in [0.15, 0.2) is 77.7 Å². The molecule has 0 bridgehead atoms. The van der Waals surface area contributed by atoms with Gasteiger partial charge in [-0.1, -0.05) is 31.2 Å². The summed E-state index contributed by atoms with van der Waals surface area (Å²) in [6.45, 7) is 0.837. The number of benzene rings is 3. The molecule has 1 heterocycles. The Kier molecular flexibility index (Phi) is 7.70. The van der Waals surface area contributed by atoms with Crippen molar-refractivity contribution in [2.24, 2.45) is 5.73 Å². The van der Waals surface area contributed by atoms with Gasteiger partial charge in [-0.05, 0) is 60.7 Å². The van der Waals surface area contributed by atoms with Gasteiger partial charge in [0.1, 0.15) is 12.4 Å². The largest absolute Gasteiger partial charge is 0.492 e. The molecule has 1 aromatic heterocycles. The fourth-order valence-electron chi connectivity index (χ4n) is 2.91. The van der Waals surface area contributed by atoms with Crippen LogP contribution < -0.4 is 20.5 Å². The molecule has 0 radical (unpaired) electrons. The van der Waals surface area contributed by atoms with Crippen molar-refractivity contribution < 1.29 is 13.2 Å². The number of nitrogens with two attached hydrogens (primary N) is 1. The lowest BCUT2D eigenvalue weighted by molar-refractivity contribution is 0.328. The minimum atomic E-state index is -3.91. The molecule has 0 unspecified atom stereocenters. The highest BCUT2D eigenvalue weighted by molar-refractivity contribution is 7.92. The Hall–Kier alpha value is -3.40. The van der Waals surface area contributed by atoms with Gasteiger partial charge < -0.3 is 15.8 Å². The van der Waals surface area contributed by atoms with Crippen molar-refractivity contribution in [2.75, 3.05) is 23.2 Å². The molecule has 4 N–H and O–H groups in total. The zero-order chi connectivity index (χ0) is 22.6. The number of para-hydroxylation sites is 2. The lowest BCUT2D eigenvalue weighted by Gasteiger charge is -2.14. The van der Waals surface area contributed by atoms with Gasteiger partial charge in [0.2, 0.25) is 0 Å². The number of sulfonamides is 1. The van der Waals surface area contributed by atoms with E-state index in [1.807, 2.05) is 12.1 Å². The molecule has 8 nitrogen and oxygen atoms in total. The summed E-state index contributed by atoms with van der Waals surface area (Å²) in [6, 6.07) is 20.2. The van der Waals surface area contributed by atoms with Gasteiger partial charge in [0.05, 0.1) is 15.9 Å². The summed E-state index contributed by atoms with van der Waals surface area (Å²) in [7, 11) is -3.91. The van der Waals surface area contributed by atoms with E-state index in [9.17, 15) is 8.42 Å². The summed E-state index contributed by atoms with van der Waals surface area (Å²) in [5.41, 5.74) is 7.31. The van der Waals surface area contributed by atoms with E-state index in [0.29, 0.717) is 40.6 Å². The Balaban J connectivity index is 0.00000306. The van der Waals surface area contributed by atoms with E-state index in [1.54, 1.807) is 36.4 Å². The summed E-state index contributed by atoms with van der Waals surface area (Å²) in [5.74, 6) is 1.01. The summed E-state index contributed by atoms with van der Waals surface area (Å²) in [4.78, 5) is 9.10. The second-order valence-corrected chi connectivity index (χ2v) is 8.87. The fourth-order valence-corrected chi connectivity index (χ4v) is 4.04. The van der Waals surface area contributed by atoms with Crippen LogP contribution in [0.3, 0.4) is 0 Å². The molecule has 33 heavy (non-hydrogen) atoms. The molecule has 0 fully saturated rings. The number of fused-ring (bicyclic) bond motifs is 1. The van der Waals surface area contributed by atoms with E-state index in [1.165, 1.54) is 24.3 Å². The van der Waals surface area contributed by atoms with Crippen LogP contribution in [-0.4, -0.2) is 31.5 Å². The maximum absolute atomic E-state index is 12.9. The quantitative estimate of drug-likeness (QED) is 0.328. The average Bonchev–Trinajstić information content (AvgIpc) is 2.79. The zero-order valence-corrected chi connectivity index (χ0v) is 18.4. The Bertz CT molecular complexity index is 1330. The molecule has 0 amide bonds. The number of ether oxygens (including phenoxy) is 1. The Morgan fingerprint density at radius 2 is 1.48 bits per heavy atom. The molecule has 0 saturated carbocycles. The van der Waals surface area contributed by atoms with Crippen LogP contribution in [0.25, 0.3) is 11.0 Å². The van der Waals surface area contributed by atoms with Crippen LogP contribution in [-0.2, 0) is 10.0 Å². The number of aromatic nitrogens is 2. The lowest BCUT2D eigenvalue weighted by atomic mass is 10.3. The van der Waals surface area contributed by atoms with Crippen molar-refractivity contribution in [3.05, 3.63) is 77.8 Å². The predicted octanol–water partition coefficient (Wildman–Crippen LogP) is 4.80. The Morgan fingerprint density at radius 1 is 0.879 bits per heavy atom. The Morgan fingerprint density at radius 3 is 2.09 bits per heavy atom. The molecule has 0 aliphatic rings. The van der Waals surface area contributed by atoms with E-state index in [2.05, 4.69) is 20.0 Å². The number of nitrogens with zero attached hydrogens (tertiary/aromatic N) is 2. The molecular weight excluding hydrogens is 462 g/mol. The highest BCUT2D eigenvalue weighted by Gasteiger charge is 2.19. The van der Waals surface area contributed by atoms with Gasteiger partial charge in [0, 0.05) is 17.3 Å². The molecule has 0 spiro atoms. The van der Waals surface area contributed by atoms with Crippen molar-refractivity contribution in [1.82, 2.24) is 9.97 Å². The molecule has 4 rings (SSSR count). The highest BCUT2D eigenvalue weighted by Crippen LogP contribution is 2.28. The van der Waals surface area contributed by atoms with Crippen molar-refractivity contribution >= 4 is 50.0 Å². The number of nitrogens with one attached hydrogen (secondary N) is 2. The lowest BCUT2D eigenvalue weighted by Crippen LogP contribution is -2.16. The van der Waals surface area contributed by atoms with Crippen molar-refractivity contribution in [2.45, 2.75) is 12.3 Å². The second kappa shape index (κ2) is 10.5. The molecule has 0 saturated heterocycles. The minimum absolute atomic E-state index is 0. The number of hydrogen-bond acceptors (Lipinski definition) is 7. The standard InChI is InChI=1S/C22H20ClN5O3S.CH4/c23-15-5-11-18(12-6-15)32(29,30)28-22-21(26-19-3-1-2-4-20(19)27-22)25-16-7-9-17(10-8-16)31-14-13-24;/h1-12H,13-14,24H2,(H,25,26)(H,27,28);1H4. The predicted molar refractivity (Wildman–Crippen MR) is 133 cm³/mol. The molecule has 0 aliphatic carbocycles. The number of anilines is 3. The SMILES string of the molecule is C.NCCOc1ccc(Nc2nc3ccccc3nc2NS(=O)(=O)c2ccc(Cl)cc2)cc1. The van der Waals surface area contributed by atoms with Crippen LogP contribution in [0.1, 0.15) is 7.43 Å². The fraction of sp³-hybridized carbons (Fsp3) is 0.130. The summed E-state index contributed by atoms with van der Waals surface area (Å²) in [5, 5.41) is 3.57. The molecule has 4 aromatic rings. The van der Waals surface area contributed by atoms with Gasteiger partial charge in [0.25, 0.3) is 10.0 Å². The molecule has 3 aromatic carbocycles. The number of halogens is 1. The van der Waals surface area contributed by atoms with Crippen molar-refractivity contribution in [3.63, 3.8) is 0 Å². The third kappa shape index (κ3) is 5.89. The first kappa shape index (κ1) is 24.2. The zero-order valence-electron chi connectivity index (χ0n) is 16.8. The average molecular weight is 486 g/mol. The van der Waals surface area contributed by atoms with Crippen molar-refractivity contribution in [1.29, 1.82) is 0 Å². The van der Waals surface area contributed by atoms with Crippen LogP contribution in [0.2, 0.25) is 5.02 Å². The van der Waals surface area contributed by atoms with E-state index < -0.39 is 10.0 Å². The van der Waals surface area contributed by atoms with E-state index in [0.717, 1.165) is 0 Å². The normalized spacial score (nSPS) is 11.0. The Labute approximate surface area is 197 Å². The van der Waals surface area contributed by atoms with Gasteiger partial charge in [0.15, 0.2) is 11.6 Å². The van der Waals surface area contributed by atoms with Crippen LogP contribution in [0, 0.1) is 0 Å². The first-order chi connectivity index (χ1) is 15.4. The first-order valence-corrected chi connectivity index (χ1v) is 11.6. The highest BCUT2D eigenvalue weighted by atomic mass is 35.5. The van der Waals surface area contributed by atoms with E-state index in [4.69, 9.17) is 22.1 Å². The van der Waals surface area contributed by atoms with Crippen LogP contribution in [0.4, 0.5) is 17.3 Å². The van der Waals surface area contributed by atoms with E-state index >= 15 is 0 Å². The molecule has 172 valence electrons. The second-order valence-electron chi connectivity index (χ2n) is 6.76. The third-order valence-corrected chi connectivity index (χ3v) is 6.04. The first-order valence-electron chi connectivity index (χ1n) is 9.70. The van der Waals surface area contributed by atoms with Gasteiger partial charge in [-0.25, -0.2) is 18.4 Å². The van der Waals surface area contributed by atoms with Gasteiger partial charge >= 0.3 is 0 Å². The van der Waals surface area contributed by atoms with Crippen LogP contribution >= 0.6 is 11.6 Å². The monoisotopic (exact) mass is 485 g/mol. The molecular formula is C23H24ClN5O3S. The summed E-state index contributed by atoms with van der Waals surface area (Å²) < 4.78 is 33.9. The molecule has 0 atom stereocenters. The molecule has 0 aliphatic heterocycles. The number of hydrogen-bond donors (Lipinski definition) is 3. The topological polar surface area (TPSA) is 119 Å². The maximum Gasteiger partial charge on any atom is 0.263 e. The molecule has 10 heteroatoms. The summed E-state index contributed by atoms with van der Waals surface area (Å²) >= 11 is 5.88. The van der Waals surface area contributed by atoms with Gasteiger partial charge in [-0.15, -0.1) is 0 Å². The van der Waals surface area contributed by atoms with Crippen LogP contribution in [0.5, 0.6) is 5.75 Å². The smallest absolute Gasteiger partial charge is 0.263 e. The number of rotatable bonds is 8. The summed E-state index contributed by atoms with van der Waals surface area (Å²) in [6.07, 6.45) is 0. The van der Waals surface area contributed by atoms with E-state index in [-0.39, 0.29) is 24.0 Å². The van der Waals surface area contributed by atoms with Gasteiger partial charge in [-0.3, -0.25) is 4.72 Å². The third-order valence-electron chi connectivity index (χ3n) is 4.43. The minimum Gasteiger partial charge on any atom is -0.492 e. The van der Waals surface area contributed by atoms with Gasteiger partial charge in [-0.2, -0.15) is 0 Å².